The molecule has 0 saturated heterocycles. The minimum absolute atomic E-state index is 0.0376. The Labute approximate surface area is 136 Å². The van der Waals surface area contributed by atoms with E-state index in [1.807, 2.05) is 0 Å². The van der Waals surface area contributed by atoms with Gasteiger partial charge in [0.05, 0.1) is 9.95 Å². The Balaban J connectivity index is 2.40. The highest BCUT2D eigenvalue weighted by Gasteiger charge is 2.22. The molecule has 0 unspecified atom stereocenters. The fraction of sp³-hybridized carbons (Fsp3) is 0.0769. The molecule has 0 radical (unpaired) electrons. The molecular formula is C13H9Cl2NO5S. The fourth-order valence-electron chi connectivity index (χ4n) is 1.73. The number of benzene rings is 2. The molecule has 6 nitrogen and oxygen atoms in total. The number of aryl methyl sites for hydroxylation is 1. The summed E-state index contributed by atoms with van der Waals surface area (Å²) in [5.74, 6) is -0.0798. The summed E-state index contributed by atoms with van der Waals surface area (Å²) in [6.07, 6.45) is 0. The van der Waals surface area contributed by atoms with Gasteiger partial charge in [-0.2, -0.15) is 8.42 Å². The van der Waals surface area contributed by atoms with E-state index in [1.54, 1.807) is 0 Å². The first kappa shape index (κ1) is 16.5. The average molecular weight is 362 g/mol. The van der Waals surface area contributed by atoms with Gasteiger partial charge in [0, 0.05) is 17.2 Å². The molecule has 2 aromatic rings. The van der Waals surface area contributed by atoms with Crippen molar-refractivity contribution in [2.75, 3.05) is 0 Å². The number of nitro groups is 1. The number of rotatable bonds is 4. The van der Waals surface area contributed by atoms with Crippen LogP contribution in [-0.2, 0) is 10.1 Å². The van der Waals surface area contributed by atoms with Gasteiger partial charge in [0.2, 0.25) is 0 Å². The fourth-order valence-corrected chi connectivity index (χ4v) is 3.39. The Morgan fingerprint density at radius 1 is 1.14 bits per heavy atom. The molecule has 0 bridgehead atoms. The second-order valence-electron chi connectivity index (χ2n) is 4.32. The topological polar surface area (TPSA) is 86.5 Å². The first-order valence-electron chi connectivity index (χ1n) is 5.85. The van der Waals surface area contributed by atoms with Crippen LogP contribution in [0.25, 0.3) is 0 Å². The molecule has 116 valence electrons. The SMILES string of the molecule is Cc1cc([N+](=O)[O-])ccc1S(=O)(=O)Oc1ccc(Cl)cc1Cl. The second-order valence-corrected chi connectivity index (χ2v) is 6.68. The van der Waals surface area contributed by atoms with Gasteiger partial charge in [-0.3, -0.25) is 10.1 Å². The minimum Gasteiger partial charge on any atom is -0.377 e. The second kappa shape index (κ2) is 6.12. The molecule has 0 N–H and O–H groups in total. The number of non-ortho nitro benzene ring substituents is 1. The van der Waals surface area contributed by atoms with Crippen molar-refractivity contribution < 1.29 is 17.5 Å². The summed E-state index contributed by atoms with van der Waals surface area (Å²) in [5, 5.41) is 11.0. The highest BCUT2D eigenvalue weighted by Crippen LogP contribution is 2.31. The Hall–Kier alpha value is -1.83. The standard InChI is InChI=1S/C13H9Cl2NO5S/c1-8-6-10(16(17)18)3-5-13(8)22(19,20)21-12-4-2-9(14)7-11(12)15/h2-7H,1H3. The lowest BCUT2D eigenvalue weighted by Crippen LogP contribution is -2.11. The highest BCUT2D eigenvalue weighted by atomic mass is 35.5. The van der Waals surface area contributed by atoms with Crippen molar-refractivity contribution in [2.24, 2.45) is 0 Å². The van der Waals surface area contributed by atoms with Crippen molar-refractivity contribution in [1.82, 2.24) is 0 Å². The van der Waals surface area contributed by atoms with Gasteiger partial charge in [0.15, 0.2) is 5.75 Å². The molecular weight excluding hydrogens is 353 g/mol. The van der Waals surface area contributed by atoms with Crippen LogP contribution >= 0.6 is 23.2 Å². The molecule has 0 atom stereocenters. The van der Waals surface area contributed by atoms with Gasteiger partial charge in [0.1, 0.15) is 4.90 Å². The highest BCUT2D eigenvalue weighted by molar-refractivity contribution is 7.87. The molecule has 0 spiro atoms. The predicted octanol–water partition coefficient (Wildman–Crippen LogP) is 3.98. The van der Waals surface area contributed by atoms with Gasteiger partial charge in [0.25, 0.3) is 5.69 Å². The van der Waals surface area contributed by atoms with Crippen molar-refractivity contribution in [3.8, 4) is 5.75 Å². The zero-order valence-corrected chi connectivity index (χ0v) is 13.4. The lowest BCUT2D eigenvalue weighted by molar-refractivity contribution is -0.385. The smallest absolute Gasteiger partial charge is 0.339 e. The lowest BCUT2D eigenvalue weighted by atomic mass is 10.2. The van der Waals surface area contributed by atoms with Gasteiger partial charge in [-0.1, -0.05) is 23.2 Å². The Morgan fingerprint density at radius 3 is 2.36 bits per heavy atom. The third-order valence-electron chi connectivity index (χ3n) is 2.73. The van der Waals surface area contributed by atoms with Crippen LogP contribution in [0.2, 0.25) is 10.0 Å². The van der Waals surface area contributed by atoms with Crippen molar-refractivity contribution in [3.05, 3.63) is 62.1 Å². The summed E-state index contributed by atoms with van der Waals surface area (Å²) < 4.78 is 29.5. The van der Waals surface area contributed by atoms with Crippen molar-refractivity contribution in [1.29, 1.82) is 0 Å². The van der Waals surface area contributed by atoms with E-state index in [-0.39, 0.29) is 26.9 Å². The Kier molecular flexibility index (Phi) is 4.60. The number of hydrogen-bond donors (Lipinski definition) is 0. The summed E-state index contributed by atoms with van der Waals surface area (Å²) in [6, 6.07) is 7.46. The zero-order chi connectivity index (χ0) is 16.5. The summed E-state index contributed by atoms with van der Waals surface area (Å²) in [5.41, 5.74) is -0.0136. The summed E-state index contributed by atoms with van der Waals surface area (Å²) >= 11 is 11.6. The van der Waals surface area contributed by atoms with Gasteiger partial charge in [-0.25, -0.2) is 0 Å². The van der Waals surface area contributed by atoms with E-state index in [0.717, 1.165) is 18.2 Å². The van der Waals surface area contributed by atoms with Crippen LogP contribution in [0.5, 0.6) is 5.75 Å². The molecule has 0 amide bonds. The predicted molar refractivity (Wildman–Crippen MR) is 82.1 cm³/mol. The van der Waals surface area contributed by atoms with Crippen LogP contribution in [0, 0.1) is 17.0 Å². The van der Waals surface area contributed by atoms with Gasteiger partial charge in [-0.15, -0.1) is 0 Å². The molecule has 0 heterocycles. The maximum absolute atomic E-state index is 12.3. The van der Waals surface area contributed by atoms with Crippen molar-refractivity contribution in [2.45, 2.75) is 11.8 Å². The molecule has 0 saturated carbocycles. The molecule has 0 aliphatic rings. The van der Waals surface area contributed by atoms with Gasteiger partial charge < -0.3 is 4.18 Å². The van der Waals surface area contributed by atoms with E-state index in [9.17, 15) is 18.5 Å². The Bertz CT molecular complexity index is 852. The monoisotopic (exact) mass is 361 g/mol. The molecule has 0 aliphatic heterocycles. The quantitative estimate of drug-likeness (QED) is 0.467. The lowest BCUT2D eigenvalue weighted by Gasteiger charge is -2.10. The van der Waals surface area contributed by atoms with Crippen LogP contribution in [0.4, 0.5) is 5.69 Å². The maximum Gasteiger partial charge on any atom is 0.339 e. The molecule has 0 aliphatic carbocycles. The molecule has 2 aromatic carbocycles. The van der Waals surface area contributed by atoms with E-state index < -0.39 is 15.0 Å². The minimum atomic E-state index is -4.17. The molecule has 9 heteroatoms. The van der Waals surface area contributed by atoms with Crippen LogP contribution < -0.4 is 4.18 Å². The van der Waals surface area contributed by atoms with Crippen LogP contribution in [0.3, 0.4) is 0 Å². The summed E-state index contributed by atoms with van der Waals surface area (Å²) in [6.45, 7) is 1.44. The first-order valence-corrected chi connectivity index (χ1v) is 8.02. The van der Waals surface area contributed by atoms with E-state index in [1.165, 1.54) is 25.1 Å². The average Bonchev–Trinajstić information content (AvgIpc) is 2.41. The summed E-state index contributed by atoms with van der Waals surface area (Å²) in [4.78, 5) is 9.89. The maximum atomic E-state index is 12.3. The number of nitro benzene ring substituents is 1. The van der Waals surface area contributed by atoms with E-state index in [0.29, 0.717) is 5.02 Å². The molecule has 0 fully saturated rings. The molecule has 22 heavy (non-hydrogen) atoms. The zero-order valence-electron chi connectivity index (χ0n) is 11.1. The number of halogens is 2. The van der Waals surface area contributed by atoms with E-state index in [2.05, 4.69) is 0 Å². The van der Waals surface area contributed by atoms with Crippen LogP contribution in [0.15, 0.2) is 41.3 Å². The summed E-state index contributed by atoms with van der Waals surface area (Å²) in [7, 11) is -4.17. The largest absolute Gasteiger partial charge is 0.377 e. The normalized spacial score (nSPS) is 11.2. The van der Waals surface area contributed by atoms with Crippen molar-refractivity contribution >= 4 is 39.0 Å². The molecule has 0 aromatic heterocycles. The number of nitrogens with zero attached hydrogens (tertiary/aromatic N) is 1. The molecule has 2 rings (SSSR count). The number of hydrogen-bond acceptors (Lipinski definition) is 5. The van der Waals surface area contributed by atoms with Gasteiger partial charge in [-0.05, 0) is 36.8 Å². The van der Waals surface area contributed by atoms with Gasteiger partial charge >= 0.3 is 10.1 Å². The van der Waals surface area contributed by atoms with Crippen LogP contribution in [-0.4, -0.2) is 13.3 Å². The third kappa shape index (κ3) is 3.49. The van der Waals surface area contributed by atoms with E-state index >= 15 is 0 Å². The first-order chi connectivity index (χ1) is 10.2. The van der Waals surface area contributed by atoms with Crippen molar-refractivity contribution in [3.63, 3.8) is 0 Å². The third-order valence-corrected chi connectivity index (χ3v) is 4.66. The van der Waals surface area contributed by atoms with E-state index in [4.69, 9.17) is 27.4 Å². The Morgan fingerprint density at radius 2 is 1.82 bits per heavy atom. The van der Waals surface area contributed by atoms with Crippen LogP contribution in [0.1, 0.15) is 5.56 Å².